The van der Waals surface area contributed by atoms with Gasteiger partial charge in [-0.2, -0.15) is 0 Å². The van der Waals surface area contributed by atoms with Crippen molar-refractivity contribution in [3.8, 4) is 0 Å². The lowest BCUT2D eigenvalue weighted by Gasteiger charge is -2.27. The molecule has 0 aromatic heterocycles. The molecule has 13 heavy (non-hydrogen) atoms. The molecule has 74 valence electrons. The highest BCUT2D eigenvalue weighted by Crippen LogP contribution is 2.18. The van der Waals surface area contributed by atoms with E-state index in [1.807, 2.05) is 6.08 Å². The van der Waals surface area contributed by atoms with E-state index < -0.39 is 6.67 Å². The molecule has 2 nitrogen and oxygen atoms in total. The van der Waals surface area contributed by atoms with Gasteiger partial charge in [0.15, 0.2) is 6.67 Å². The van der Waals surface area contributed by atoms with Crippen LogP contribution in [0.15, 0.2) is 11.6 Å². The number of rotatable bonds is 2. The zero-order valence-corrected chi connectivity index (χ0v) is 8.22. The normalized spacial score (nSPS) is 17.5. The predicted molar refractivity (Wildman–Crippen MR) is 50.1 cm³/mol. The maximum atomic E-state index is 12.0. The van der Waals surface area contributed by atoms with E-state index in [-0.39, 0.29) is 5.91 Å². The van der Waals surface area contributed by atoms with E-state index in [4.69, 9.17) is 0 Å². The molecular formula is C10H16FNO. The fourth-order valence-corrected chi connectivity index (χ4v) is 1.52. The molecule has 0 unspecified atom stereocenters. The van der Waals surface area contributed by atoms with E-state index in [1.165, 1.54) is 5.57 Å². The van der Waals surface area contributed by atoms with Crippen molar-refractivity contribution in [2.45, 2.75) is 20.3 Å². The van der Waals surface area contributed by atoms with Crippen LogP contribution in [0.2, 0.25) is 0 Å². The molecule has 0 radical (unpaired) electrons. The molecule has 0 atom stereocenters. The van der Waals surface area contributed by atoms with Crippen molar-refractivity contribution in [3.63, 3.8) is 0 Å². The van der Waals surface area contributed by atoms with Crippen LogP contribution in [0.3, 0.4) is 0 Å². The zero-order chi connectivity index (χ0) is 9.84. The van der Waals surface area contributed by atoms with E-state index in [9.17, 15) is 9.18 Å². The minimum Gasteiger partial charge on any atom is -0.336 e. The highest BCUT2D eigenvalue weighted by Gasteiger charge is 2.17. The Balaban J connectivity index is 2.51. The summed E-state index contributed by atoms with van der Waals surface area (Å²) in [6, 6.07) is 0. The first-order valence-corrected chi connectivity index (χ1v) is 4.67. The topological polar surface area (TPSA) is 20.3 Å². The molecular weight excluding hydrogens is 169 g/mol. The highest BCUT2D eigenvalue weighted by molar-refractivity contribution is 5.77. The van der Waals surface area contributed by atoms with Crippen LogP contribution in [0.1, 0.15) is 20.3 Å². The SMILES string of the molecule is CC(C)C1=CCN(C(=O)CF)CC1. The maximum Gasteiger partial charge on any atom is 0.254 e. The molecule has 1 amide bonds. The van der Waals surface area contributed by atoms with Gasteiger partial charge in [0.1, 0.15) is 0 Å². The molecule has 0 saturated heterocycles. The van der Waals surface area contributed by atoms with Crippen molar-refractivity contribution in [1.82, 2.24) is 4.90 Å². The van der Waals surface area contributed by atoms with Crippen LogP contribution < -0.4 is 0 Å². The Bertz CT molecular complexity index is 223. The molecule has 0 spiro atoms. The first-order valence-electron chi connectivity index (χ1n) is 4.67. The number of hydrogen-bond donors (Lipinski definition) is 0. The molecule has 0 aliphatic carbocycles. The van der Waals surface area contributed by atoms with Crippen molar-refractivity contribution in [3.05, 3.63) is 11.6 Å². The summed E-state index contributed by atoms with van der Waals surface area (Å²) in [7, 11) is 0. The summed E-state index contributed by atoms with van der Waals surface area (Å²) in [6.45, 7) is 4.66. The summed E-state index contributed by atoms with van der Waals surface area (Å²) in [4.78, 5) is 12.5. The van der Waals surface area contributed by atoms with Crippen molar-refractivity contribution in [2.24, 2.45) is 5.92 Å². The minimum absolute atomic E-state index is 0.390. The third kappa shape index (κ3) is 2.54. The average molecular weight is 185 g/mol. The second-order valence-corrected chi connectivity index (χ2v) is 3.66. The first kappa shape index (κ1) is 10.2. The molecule has 1 aliphatic rings. The zero-order valence-electron chi connectivity index (χ0n) is 8.22. The standard InChI is InChI=1S/C10H16FNO/c1-8(2)9-3-5-12(6-4-9)10(13)7-11/h3,8H,4-7H2,1-2H3. The summed E-state index contributed by atoms with van der Waals surface area (Å²) in [5, 5.41) is 0. The second-order valence-electron chi connectivity index (χ2n) is 3.66. The van der Waals surface area contributed by atoms with Gasteiger partial charge in [-0.1, -0.05) is 25.5 Å². The Morgan fingerprint density at radius 2 is 2.38 bits per heavy atom. The largest absolute Gasteiger partial charge is 0.336 e. The van der Waals surface area contributed by atoms with E-state index in [2.05, 4.69) is 13.8 Å². The van der Waals surface area contributed by atoms with Gasteiger partial charge in [0.25, 0.3) is 5.91 Å². The monoisotopic (exact) mass is 185 g/mol. The van der Waals surface area contributed by atoms with Gasteiger partial charge in [-0.05, 0) is 12.3 Å². The minimum atomic E-state index is -0.870. The van der Waals surface area contributed by atoms with Gasteiger partial charge in [-0.15, -0.1) is 0 Å². The molecule has 3 heteroatoms. The molecule has 0 aromatic carbocycles. The van der Waals surface area contributed by atoms with Gasteiger partial charge < -0.3 is 4.90 Å². The number of carbonyl (C=O) groups is 1. The Morgan fingerprint density at radius 1 is 1.69 bits per heavy atom. The van der Waals surface area contributed by atoms with Crippen LogP contribution >= 0.6 is 0 Å². The van der Waals surface area contributed by atoms with Gasteiger partial charge in [-0.25, -0.2) is 4.39 Å². The Labute approximate surface area is 78.4 Å². The van der Waals surface area contributed by atoms with Gasteiger partial charge in [0.05, 0.1) is 0 Å². The van der Waals surface area contributed by atoms with Crippen LogP contribution in [-0.2, 0) is 4.79 Å². The number of halogens is 1. The lowest BCUT2D eigenvalue weighted by atomic mass is 9.97. The fourth-order valence-electron chi connectivity index (χ4n) is 1.52. The summed E-state index contributed by atoms with van der Waals surface area (Å²) in [6.07, 6.45) is 2.94. The van der Waals surface area contributed by atoms with Crippen LogP contribution in [0.5, 0.6) is 0 Å². The molecule has 0 saturated carbocycles. The number of amides is 1. The smallest absolute Gasteiger partial charge is 0.254 e. The summed E-state index contributed by atoms with van der Waals surface area (Å²) >= 11 is 0. The fraction of sp³-hybridized carbons (Fsp3) is 0.700. The Morgan fingerprint density at radius 3 is 2.77 bits per heavy atom. The Kier molecular flexibility index (Phi) is 3.46. The number of hydrogen-bond acceptors (Lipinski definition) is 1. The third-order valence-corrected chi connectivity index (χ3v) is 2.45. The van der Waals surface area contributed by atoms with Crippen LogP contribution in [-0.4, -0.2) is 30.6 Å². The molecule has 1 rings (SSSR count). The molecule has 1 heterocycles. The molecule has 0 fully saturated rings. The first-order chi connectivity index (χ1) is 6.15. The number of nitrogens with zero attached hydrogens (tertiary/aromatic N) is 1. The van der Waals surface area contributed by atoms with Crippen molar-refractivity contribution >= 4 is 5.91 Å². The van der Waals surface area contributed by atoms with E-state index in [0.29, 0.717) is 19.0 Å². The number of alkyl halides is 1. The number of carbonyl (C=O) groups excluding carboxylic acids is 1. The second kappa shape index (κ2) is 4.40. The molecule has 0 aromatic rings. The lowest BCUT2D eigenvalue weighted by molar-refractivity contribution is -0.131. The molecule has 0 N–H and O–H groups in total. The summed E-state index contributed by atoms with van der Waals surface area (Å²) < 4.78 is 12.0. The van der Waals surface area contributed by atoms with Crippen molar-refractivity contribution in [2.75, 3.05) is 19.8 Å². The van der Waals surface area contributed by atoms with Crippen molar-refractivity contribution < 1.29 is 9.18 Å². The van der Waals surface area contributed by atoms with E-state index in [0.717, 1.165) is 6.42 Å². The van der Waals surface area contributed by atoms with Crippen LogP contribution in [0.25, 0.3) is 0 Å². The molecule has 1 aliphatic heterocycles. The third-order valence-electron chi connectivity index (χ3n) is 2.45. The van der Waals surface area contributed by atoms with Crippen LogP contribution in [0.4, 0.5) is 4.39 Å². The summed E-state index contributed by atoms with van der Waals surface area (Å²) in [5.41, 5.74) is 1.38. The van der Waals surface area contributed by atoms with Crippen molar-refractivity contribution in [1.29, 1.82) is 0 Å². The van der Waals surface area contributed by atoms with Crippen LogP contribution in [0, 0.1) is 5.92 Å². The average Bonchev–Trinajstić information content (AvgIpc) is 2.17. The Hall–Kier alpha value is -0.860. The summed E-state index contributed by atoms with van der Waals surface area (Å²) in [5.74, 6) is 0.154. The quantitative estimate of drug-likeness (QED) is 0.600. The predicted octanol–water partition coefficient (Wildman–Crippen LogP) is 1.77. The van der Waals surface area contributed by atoms with Gasteiger partial charge >= 0.3 is 0 Å². The molecule has 0 bridgehead atoms. The lowest BCUT2D eigenvalue weighted by Crippen LogP contribution is -2.36. The van der Waals surface area contributed by atoms with E-state index >= 15 is 0 Å². The van der Waals surface area contributed by atoms with Gasteiger partial charge in [0.2, 0.25) is 0 Å². The maximum absolute atomic E-state index is 12.0. The highest BCUT2D eigenvalue weighted by atomic mass is 19.1. The van der Waals surface area contributed by atoms with E-state index in [1.54, 1.807) is 4.90 Å². The van der Waals surface area contributed by atoms with Gasteiger partial charge in [-0.3, -0.25) is 4.79 Å². The van der Waals surface area contributed by atoms with Gasteiger partial charge in [0, 0.05) is 13.1 Å².